The number of ether oxygens (including phenoxy) is 3. The van der Waals surface area contributed by atoms with Crippen LogP contribution in [0.2, 0.25) is 0 Å². The lowest BCUT2D eigenvalue weighted by atomic mass is 9.98. The van der Waals surface area contributed by atoms with Crippen molar-refractivity contribution in [2.75, 3.05) is 19.8 Å². The average Bonchev–Trinajstić information content (AvgIpc) is 2.95. The monoisotopic (exact) mass is 401 g/mol. The predicted octanol–water partition coefficient (Wildman–Crippen LogP) is -1.07. The molecule has 0 aromatic carbocycles. The van der Waals surface area contributed by atoms with Gasteiger partial charge in [0.05, 0.1) is 6.61 Å². The SMILES string of the molecule is C=CCNS(=O)(=O)OC[C@@]12OC[C@H]3OS(=O)(=O)O[C@H]3[C@@H]1OC(C)(C)O2. The van der Waals surface area contributed by atoms with E-state index in [1.807, 2.05) is 0 Å². The predicted molar refractivity (Wildman–Crippen MR) is 80.5 cm³/mol. The molecule has 3 saturated heterocycles. The van der Waals surface area contributed by atoms with Crippen molar-refractivity contribution in [2.24, 2.45) is 0 Å². The van der Waals surface area contributed by atoms with Crippen LogP contribution in [0.3, 0.4) is 0 Å². The largest absolute Gasteiger partial charge is 0.400 e. The lowest BCUT2D eigenvalue weighted by Crippen LogP contribution is -2.60. The maximum Gasteiger partial charge on any atom is 0.400 e. The molecule has 0 spiro atoms. The Balaban J connectivity index is 1.81. The van der Waals surface area contributed by atoms with Gasteiger partial charge in [-0.2, -0.15) is 21.6 Å². The molecule has 0 saturated carbocycles. The molecule has 3 fully saturated rings. The Labute approximate surface area is 145 Å². The third-order valence-electron chi connectivity index (χ3n) is 3.71. The Morgan fingerprint density at radius 1 is 1.36 bits per heavy atom. The minimum absolute atomic E-state index is 0.0254. The normalized spacial score (nSPS) is 38.9. The van der Waals surface area contributed by atoms with E-state index in [0.29, 0.717) is 0 Å². The summed E-state index contributed by atoms with van der Waals surface area (Å²) < 4.78 is 80.4. The fraction of sp³-hybridized carbons (Fsp3) is 0.833. The highest BCUT2D eigenvalue weighted by Crippen LogP contribution is 2.46. The smallest absolute Gasteiger partial charge is 0.343 e. The number of nitrogens with one attached hydrogen (secondary N) is 1. The first-order chi connectivity index (χ1) is 11.5. The van der Waals surface area contributed by atoms with E-state index >= 15 is 0 Å². The molecule has 3 aliphatic rings. The Morgan fingerprint density at radius 3 is 2.76 bits per heavy atom. The molecule has 0 unspecified atom stereocenters. The van der Waals surface area contributed by atoms with Gasteiger partial charge in [-0.15, -0.1) is 6.58 Å². The molecule has 0 amide bonds. The second-order valence-electron chi connectivity index (χ2n) is 6.12. The van der Waals surface area contributed by atoms with Gasteiger partial charge in [0.1, 0.15) is 24.9 Å². The highest BCUT2D eigenvalue weighted by Gasteiger charge is 2.66. The molecule has 25 heavy (non-hydrogen) atoms. The van der Waals surface area contributed by atoms with E-state index in [1.54, 1.807) is 13.8 Å². The molecule has 3 heterocycles. The van der Waals surface area contributed by atoms with Crippen LogP contribution in [0.1, 0.15) is 13.8 Å². The van der Waals surface area contributed by atoms with Gasteiger partial charge < -0.3 is 14.2 Å². The fourth-order valence-electron chi connectivity index (χ4n) is 2.86. The summed E-state index contributed by atoms with van der Waals surface area (Å²) >= 11 is 0. The number of rotatable bonds is 6. The zero-order chi connectivity index (χ0) is 18.5. The van der Waals surface area contributed by atoms with Gasteiger partial charge in [0.2, 0.25) is 5.79 Å². The molecule has 0 radical (unpaired) electrons. The molecule has 0 bridgehead atoms. The fourth-order valence-corrected chi connectivity index (χ4v) is 4.59. The van der Waals surface area contributed by atoms with Gasteiger partial charge >= 0.3 is 20.7 Å². The molecule has 4 atom stereocenters. The van der Waals surface area contributed by atoms with Gasteiger partial charge in [-0.05, 0) is 13.8 Å². The zero-order valence-corrected chi connectivity index (χ0v) is 15.2. The molecule has 0 aliphatic carbocycles. The molecular formula is C12H19NO10S2. The van der Waals surface area contributed by atoms with Crippen LogP contribution in [0, 0.1) is 0 Å². The van der Waals surface area contributed by atoms with Crippen molar-refractivity contribution in [3.8, 4) is 0 Å². The van der Waals surface area contributed by atoms with Crippen molar-refractivity contribution in [3.05, 3.63) is 12.7 Å². The van der Waals surface area contributed by atoms with E-state index < -0.39 is 57.2 Å². The maximum atomic E-state index is 11.8. The molecule has 3 rings (SSSR count). The van der Waals surface area contributed by atoms with E-state index in [2.05, 4.69) is 11.3 Å². The summed E-state index contributed by atoms with van der Waals surface area (Å²) in [5, 5.41) is 0. The summed E-state index contributed by atoms with van der Waals surface area (Å²) in [5.74, 6) is -2.85. The molecule has 13 heteroatoms. The third-order valence-corrected chi connectivity index (χ3v) is 5.60. The van der Waals surface area contributed by atoms with Crippen molar-refractivity contribution in [2.45, 2.75) is 43.7 Å². The minimum Gasteiger partial charge on any atom is -0.343 e. The lowest BCUT2D eigenvalue weighted by Gasteiger charge is -2.39. The van der Waals surface area contributed by atoms with Gasteiger partial charge in [-0.1, -0.05) is 6.08 Å². The highest BCUT2D eigenvalue weighted by molar-refractivity contribution is 7.84. The quantitative estimate of drug-likeness (QED) is 0.548. The topological polar surface area (TPSA) is 136 Å². The summed E-state index contributed by atoms with van der Waals surface area (Å²) in [6, 6.07) is 0. The summed E-state index contributed by atoms with van der Waals surface area (Å²) in [6.45, 7) is 5.73. The summed E-state index contributed by atoms with van der Waals surface area (Å²) in [6.07, 6.45) is -1.70. The Morgan fingerprint density at radius 2 is 2.08 bits per heavy atom. The van der Waals surface area contributed by atoms with Gasteiger partial charge in [0.25, 0.3) is 0 Å². The molecule has 144 valence electrons. The van der Waals surface area contributed by atoms with Crippen LogP contribution in [0.5, 0.6) is 0 Å². The Bertz CT molecular complexity index is 748. The van der Waals surface area contributed by atoms with Crippen molar-refractivity contribution in [1.29, 1.82) is 0 Å². The first kappa shape index (κ1) is 19.1. The van der Waals surface area contributed by atoms with Crippen LogP contribution in [0.4, 0.5) is 0 Å². The zero-order valence-electron chi connectivity index (χ0n) is 13.5. The number of hydrogen-bond acceptors (Lipinski definition) is 10. The van der Waals surface area contributed by atoms with Crippen molar-refractivity contribution in [1.82, 2.24) is 4.72 Å². The highest BCUT2D eigenvalue weighted by atomic mass is 32.3. The van der Waals surface area contributed by atoms with Crippen LogP contribution < -0.4 is 4.72 Å². The van der Waals surface area contributed by atoms with Crippen LogP contribution in [0.25, 0.3) is 0 Å². The van der Waals surface area contributed by atoms with Crippen molar-refractivity contribution in [3.63, 3.8) is 0 Å². The third kappa shape index (κ3) is 3.89. The molecule has 0 aromatic heterocycles. The number of hydrogen-bond donors (Lipinski definition) is 1. The average molecular weight is 401 g/mol. The maximum absolute atomic E-state index is 11.8. The van der Waals surface area contributed by atoms with Crippen LogP contribution in [-0.4, -0.2) is 66.5 Å². The van der Waals surface area contributed by atoms with Crippen molar-refractivity contribution < 1.29 is 43.6 Å². The van der Waals surface area contributed by atoms with Crippen LogP contribution >= 0.6 is 0 Å². The summed E-state index contributed by atoms with van der Waals surface area (Å²) in [5.41, 5.74) is 0. The van der Waals surface area contributed by atoms with Gasteiger partial charge in [-0.3, -0.25) is 4.18 Å². The second-order valence-corrected chi connectivity index (χ2v) is 8.75. The Hall–Kier alpha value is -0.640. The second kappa shape index (κ2) is 6.21. The van der Waals surface area contributed by atoms with Crippen LogP contribution in [0.15, 0.2) is 12.7 Å². The molecular weight excluding hydrogens is 382 g/mol. The minimum atomic E-state index is -4.18. The van der Waals surface area contributed by atoms with E-state index in [-0.39, 0.29) is 13.2 Å². The standard InChI is InChI=1S/C12H19NO10S2/c1-4-5-13-24(14,15)19-7-12-10(20-11(2,3)23-12)9-8(6-18-12)21-25(16,17)22-9/h4,8-10,13H,1,5-7H2,2-3H3/t8-,9-,10+,12+/m1/s1. The van der Waals surface area contributed by atoms with E-state index in [4.69, 9.17) is 26.8 Å². The Kier molecular flexibility index (Phi) is 4.75. The van der Waals surface area contributed by atoms with Gasteiger partial charge in [0.15, 0.2) is 5.79 Å². The first-order valence-corrected chi connectivity index (χ1v) is 10.1. The molecule has 0 aromatic rings. The molecule has 1 N–H and O–H groups in total. The summed E-state index contributed by atoms with van der Waals surface area (Å²) in [7, 11) is -8.28. The first-order valence-electron chi connectivity index (χ1n) is 7.36. The van der Waals surface area contributed by atoms with Crippen LogP contribution in [-0.2, 0) is 47.5 Å². The number of fused-ring (bicyclic) bond motifs is 3. The molecule has 11 nitrogen and oxygen atoms in total. The van der Waals surface area contributed by atoms with Gasteiger partial charge in [0, 0.05) is 6.54 Å². The van der Waals surface area contributed by atoms with E-state index in [1.165, 1.54) is 6.08 Å². The summed E-state index contributed by atoms with van der Waals surface area (Å²) in [4.78, 5) is 0. The molecule has 3 aliphatic heterocycles. The lowest BCUT2D eigenvalue weighted by molar-refractivity contribution is -0.290. The van der Waals surface area contributed by atoms with E-state index in [9.17, 15) is 16.8 Å². The van der Waals surface area contributed by atoms with E-state index in [0.717, 1.165) is 0 Å². The van der Waals surface area contributed by atoms with Crippen molar-refractivity contribution >= 4 is 20.7 Å². The van der Waals surface area contributed by atoms with Gasteiger partial charge in [-0.25, -0.2) is 8.37 Å².